The van der Waals surface area contributed by atoms with E-state index < -0.39 is 23.6 Å². The monoisotopic (exact) mass is 561 g/mol. The van der Waals surface area contributed by atoms with E-state index in [1.54, 1.807) is 25.7 Å². The lowest BCUT2D eigenvalue weighted by Gasteiger charge is -2.35. The molecule has 0 aliphatic heterocycles. The molecule has 9 nitrogen and oxygen atoms in total. The Morgan fingerprint density at radius 2 is 1.60 bits per heavy atom. The van der Waals surface area contributed by atoms with Gasteiger partial charge in [-0.25, -0.2) is 4.79 Å². The first kappa shape index (κ1) is 34.9. The number of carbonyl (C=O) groups excluding carboxylic acids is 4. The second kappa shape index (κ2) is 19.1. The molecule has 2 atom stereocenters. The molecule has 3 amide bonds. The second-order valence-electron chi connectivity index (χ2n) is 11.3. The van der Waals surface area contributed by atoms with Gasteiger partial charge in [-0.3, -0.25) is 14.4 Å². The van der Waals surface area contributed by atoms with Gasteiger partial charge >= 0.3 is 12.1 Å². The number of hydrogen-bond acceptors (Lipinski definition) is 6. The van der Waals surface area contributed by atoms with Crippen molar-refractivity contribution in [3.05, 3.63) is 35.9 Å². The first-order chi connectivity index (χ1) is 19.0. The van der Waals surface area contributed by atoms with E-state index in [0.29, 0.717) is 19.4 Å². The van der Waals surface area contributed by atoms with E-state index in [2.05, 4.69) is 12.2 Å². The molecule has 0 aromatic heterocycles. The van der Waals surface area contributed by atoms with Crippen molar-refractivity contribution in [2.45, 2.75) is 130 Å². The predicted molar refractivity (Wildman–Crippen MR) is 156 cm³/mol. The zero-order chi connectivity index (χ0) is 30.0. The van der Waals surface area contributed by atoms with Gasteiger partial charge in [-0.05, 0) is 52.0 Å². The molecule has 9 heteroatoms. The minimum Gasteiger partial charge on any atom is -0.461 e. The standard InChI is InChI=1S/C31H51N3O6/c1-6-8-10-14-18-25(22-27(32)35)34(21-9-7-2)29(37)26(33-30(38)40-31(3,4)5)19-15-20-28(36)39-23-24-16-12-11-13-17-24/h11-13,16-17,25-26H,6-10,14-15,18-23H2,1-5H3,(H2,32,35)(H,33,38)/t25-,26-/m0/s1. The van der Waals surface area contributed by atoms with E-state index in [1.807, 2.05) is 37.3 Å². The van der Waals surface area contributed by atoms with E-state index in [9.17, 15) is 19.2 Å². The van der Waals surface area contributed by atoms with Gasteiger partial charge < -0.3 is 25.4 Å². The van der Waals surface area contributed by atoms with Crippen LogP contribution in [-0.2, 0) is 30.5 Å². The van der Waals surface area contributed by atoms with Crippen molar-refractivity contribution in [2.75, 3.05) is 6.54 Å². The van der Waals surface area contributed by atoms with E-state index in [0.717, 1.165) is 44.1 Å². The van der Waals surface area contributed by atoms with Crippen molar-refractivity contribution in [3.8, 4) is 0 Å². The Labute approximate surface area is 240 Å². The summed E-state index contributed by atoms with van der Waals surface area (Å²) in [7, 11) is 0. The summed E-state index contributed by atoms with van der Waals surface area (Å²) in [6, 6.07) is 8.13. The van der Waals surface area contributed by atoms with Crippen molar-refractivity contribution in [2.24, 2.45) is 5.73 Å². The van der Waals surface area contributed by atoms with Gasteiger partial charge in [0.2, 0.25) is 11.8 Å². The molecule has 0 bridgehead atoms. The highest BCUT2D eigenvalue weighted by Gasteiger charge is 2.32. The molecule has 40 heavy (non-hydrogen) atoms. The number of unbranched alkanes of at least 4 members (excludes halogenated alkanes) is 4. The number of hydrogen-bond donors (Lipinski definition) is 2. The molecule has 0 unspecified atom stereocenters. The van der Waals surface area contributed by atoms with Gasteiger partial charge in [-0.2, -0.15) is 0 Å². The number of amides is 3. The summed E-state index contributed by atoms with van der Waals surface area (Å²) >= 11 is 0. The number of rotatable bonds is 19. The summed E-state index contributed by atoms with van der Waals surface area (Å²) in [5, 5.41) is 2.73. The van der Waals surface area contributed by atoms with Gasteiger partial charge in [-0.1, -0.05) is 76.3 Å². The van der Waals surface area contributed by atoms with Crippen LogP contribution in [0.25, 0.3) is 0 Å². The highest BCUT2D eigenvalue weighted by Crippen LogP contribution is 2.19. The Morgan fingerprint density at radius 1 is 0.925 bits per heavy atom. The summed E-state index contributed by atoms with van der Waals surface area (Å²) in [4.78, 5) is 52.7. The maximum absolute atomic E-state index is 13.9. The van der Waals surface area contributed by atoms with Crippen molar-refractivity contribution in [1.82, 2.24) is 10.2 Å². The topological polar surface area (TPSA) is 128 Å². The fraction of sp³-hybridized carbons (Fsp3) is 0.677. The van der Waals surface area contributed by atoms with Crippen LogP contribution >= 0.6 is 0 Å². The molecule has 0 spiro atoms. The molecule has 1 aromatic carbocycles. The van der Waals surface area contributed by atoms with Gasteiger partial charge in [0.15, 0.2) is 0 Å². The Kier molecular flexibility index (Phi) is 16.6. The molecule has 0 saturated heterocycles. The number of benzene rings is 1. The molecule has 0 saturated carbocycles. The number of alkyl carbamates (subject to hydrolysis) is 1. The van der Waals surface area contributed by atoms with Crippen molar-refractivity contribution < 1.29 is 28.7 Å². The largest absolute Gasteiger partial charge is 0.461 e. The van der Waals surface area contributed by atoms with Crippen LogP contribution < -0.4 is 11.1 Å². The average molecular weight is 562 g/mol. The van der Waals surface area contributed by atoms with Crippen LogP contribution in [0, 0.1) is 0 Å². The molecule has 0 fully saturated rings. The smallest absolute Gasteiger partial charge is 0.408 e. The lowest BCUT2D eigenvalue weighted by molar-refractivity contribution is -0.145. The van der Waals surface area contributed by atoms with E-state index in [1.165, 1.54) is 0 Å². The fourth-order valence-electron chi connectivity index (χ4n) is 4.38. The number of esters is 1. The van der Waals surface area contributed by atoms with Crippen molar-refractivity contribution in [1.29, 1.82) is 0 Å². The maximum atomic E-state index is 13.9. The first-order valence-corrected chi connectivity index (χ1v) is 14.7. The quantitative estimate of drug-likeness (QED) is 0.166. The van der Waals surface area contributed by atoms with Gasteiger partial charge in [0.05, 0.1) is 0 Å². The molecular weight excluding hydrogens is 510 g/mol. The van der Waals surface area contributed by atoms with Gasteiger partial charge in [0, 0.05) is 25.4 Å². The van der Waals surface area contributed by atoms with Crippen LogP contribution in [0.15, 0.2) is 30.3 Å². The molecule has 3 N–H and O–H groups in total. The summed E-state index contributed by atoms with van der Waals surface area (Å²) in [6.07, 6.45) is 6.32. The Balaban J connectivity index is 3.01. The SMILES string of the molecule is CCCCCC[C@@H](CC(N)=O)N(CCCC)C(=O)[C@H](CCCC(=O)OCc1ccccc1)NC(=O)OC(C)(C)C. The van der Waals surface area contributed by atoms with Crippen molar-refractivity contribution >= 4 is 23.9 Å². The van der Waals surface area contributed by atoms with Crippen molar-refractivity contribution in [3.63, 3.8) is 0 Å². The lowest BCUT2D eigenvalue weighted by atomic mass is 10.00. The van der Waals surface area contributed by atoms with Crippen LogP contribution in [0.1, 0.15) is 111 Å². The number of nitrogens with zero attached hydrogens (tertiary/aromatic N) is 1. The third-order valence-electron chi connectivity index (χ3n) is 6.41. The van der Waals surface area contributed by atoms with Gasteiger partial charge in [-0.15, -0.1) is 0 Å². The number of primary amides is 1. The number of carbonyl (C=O) groups is 4. The summed E-state index contributed by atoms with van der Waals surface area (Å²) in [5.74, 6) is -1.14. The zero-order valence-electron chi connectivity index (χ0n) is 25.2. The second-order valence-corrected chi connectivity index (χ2v) is 11.3. The number of nitrogens with two attached hydrogens (primary N) is 1. The predicted octanol–water partition coefficient (Wildman–Crippen LogP) is 5.64. The minimum absolute atomic E-state index is 0.0621. The van der Waals surface area contributed by atoms with Crippen LogP contribution in [0.3, 0.4) is 0 Å². The normalized spacial score (nSPS) is 12.7. The third kappa shape index (κ3) is 15.5. The van der Waals surface area contributed by atoms with Gasteiger partial charge in [0.25, 0.3) is 0 Å². The number of nitrogens with one attached hydrogen (secondary N) is 1. The minimum atomic E-state index is -0.917. The molecule has 0 heterocycles. The Bertz CT molecular complexity index is 900. The lowest BCUT2D eigenvalue weighted by Crippen LogP contribution is -2.53. The average Bonchev–Trinajstić information content (AvgIpc) is 2.88. The highest BCUT2D eigenvalue weighted by molar-refractivity contribution is 5.86. The molecule has 0 aliphatic rings. The summed E-state index contributed by atoms with van der Waals surface area (Å²) in [6.45, 7) is 10.0. The van der Waals surface area contributed by atoms with E-state index >= 15 is 0 Å². The molecule has 0 aliphatic carbocycles. The van der Waals surface area contributed by atoms with E-state index in [4.69, 9.17) is 15.2 Å². The van der Waals surface area contributed by atoms with Crippen LogP contribution in [-0.4, -0.2) is 53.0 Å². The molecule has 1 aromatic rings. The molecule has 1 rings (SSSR count). The molecule has 0 radical (unpaired) electrons. The fourth-order valence-corrected chi connectivity index (χ4v) is 4.38. The first-order valence-electron chi connectivity index (χ1n) is 14.7. The third-order valence-corrected chi connectivity index (χ3v) is 6.41. The molecule has 226 valence electrons. The number of ether oxygens (including phenoxy) is 2. The van der Waals surface area contributed by atoms with Crippen LogP contribution in [0.4, 0.5) is 4.79 Å². The summed E-state index contributed by atoms with van der Waals surface area (Å²) in [5.41, 5.74) is 5.73. The Hall–Kier alpha value is -3.10. The van der Waals surface area contributed by atoms with Gasteiger partial charge in [0.1, 0.15) is 18.2 Å². The van der Waals surface area contributed by atoms with Crippen LogP contribution in [0.2, 0.25) is 0 Å². The van der Waals surface area contributed by atoms with E-state index in [-0.39, 0.29) is 43.8 Å². The maximum Gasteiger partial charge on any atom is 0.408 e. The zero-order valence-corrected chi connectivity index (χ0v) is 25.2. The highest BCUT2D eigenvalue weighted by atomic mass is 16.6. The van der Waals surface area contributed by atoms with Crippen LogP contribution in [0.5, 0.6) is 0 Å². The molecular formula is C31H51N3O6. The summed E-state index contributed by atoms with van der Waals surface area (Å²) < 4.78 is 10.8. The Morgan fingerprint density at radius 3 is 2.20 bits per heavy atom.